The number of nitrogens with zero attached hydrogens (tertiary/aromatic N) is 1. The van der Waals surface area contributed by atoms with Crippen molar-refractivity contribution in [1.82, 2.24) is 15.3 Å². The fraction of sp³-hybridized carbons (Fsp3) is 0.400. The van der Waals surface area contributed by atoms with Crippen LogP contribution in [0.5, 0.6) is 0 Å². The van der Waals surface area contributed by atoms with Gasteiger partial charge in [-0.05, 0) is 24.6 Å². The van der Waals surface area contributed by atoms with Crippen molar-refractivity contribution in [3.8, 4) is 11.4 Å². The van der Waals surface area contributed by atoms with Gasteiger partial charge in [0, 0.05) is 24.5 Å². The van der Waals surface area contributed by atoms with Crippen LogP contribution in [0.4, 0.5) is 0 Å². The highest BCUT2D eigenvalue weighted by Crippen LogP contribution is 2.15. The van der Waals surface area contributed by atoms with Crippen molar-refractivity contribution in [3.63, 3.8) is 0 Å². The molecule has 0 atom stereocenters. The number of unbranched alkanes of at least 4 members (excludes halogenated alkanes) is 2. The Kier molecular flexibility index (Phi) is 4.97. The minimum absolute atomic E-state index is 0.929. The molecule has 1 aromatic heterocycles. The van der Waals surface area contributed by atoms with Crippen molar-refractivity contribution in [2.45, 2.75) is 32.7 Å². The largest absolute Gasteiger partial charge is 0.345 e. The van der Waals surface area contributed by atoms with E-state index in [1.54, 1.807) is 6.20 Å². The molecule has 0 amide bonds. The van der Waals surface area contributed by atoms with Gasteiger partial charge in [-0.3, -0.25) is 0 Å². The lowest BCUT2D eigenvalue weighted by atomic mass is 10.1. The van der Waals surface area contributed by atoms with Crippen LogP contribution < -0.4 is 5.32 Å². The minimum Gasteiger partial charge on any atom is -0.345 e. The minimum atomic E-state index is 0.929. The topological polar surface area (TPSA) is 40.7 Å². The number of aromatic nitrogens is 2. The Morgan fingerprint density at radius 1 is 1.28 bits per heavy atom. The molecule has 2 rings (SSSR count). The number of imidazole rings is 1. The summed E-state index contributed by atoms with van der Waals surface area (Å²) < 4.78 is 0. The summed E-state index contributed by atoms with van der Waals surface area (Å²) in [6.07, 6.45) is 7.47. The molecular formula is C15H21N3. The molecule has 0 saturated carbocycles. The lowest BCUT2D eigenvalue weighted by molar-refractivity contribution is 0.617. The molecule has 0 saturated heterocycles. The molecule has 0 aliphatic rings. The van der Waals surface area contributed by atoms with Gasteiger partial charge < -0.3 is 10.3 Å². The lowest BCUT2D eigenvalue weighted by Crippen LogP contribution is -2.14. The number of hydrogen-bond acceptors (Lipinski definition) is 2. The van der Waals surface area contributed by atoms with Crippen molar-refractivity contribution >= 4 is 0 Å². The van der Waals surface area contributed by atoms with E-state index in [0.29, 0.717) is 0 Å². The van der Waals surface area contributed by atoms with Gasteiger partial charge in [0.25, 0.3) is 0 Å². The predicted molar refractivity (Wildman–Crippen MR) is 75.3 cm³/mol. The van der Waals surface area contributed by atoms with E-state index in [4.69, 9.17) is 0 Å². The zero-order valence-electron chi connectivity index (χ0n) is 10.9. The smallest absolute Gasteiger partial charge is 0.137 e. The molecule has 96 valence electrons. The first-order chi connectivity index (χ1) is 8.90. The van der Waals surface area contributed by atoms with Gasteiger partial charge in [-0.1, -0.05) is 38.0 Å². The number of H-pyrrole nitrogens is 1. The van der Waals surface area contributed by atoms with Crippen molar-refractivity contribution in [2.75, 3.05) is 6.54 Å². The fourth-order valence-electron chi connectivity index (χ4n) is 1.98. The Bertz CT molecular complexity index is 449. The Labute approximate surface area is 109 Å². The average molecular weight is 243 g/mol. The van der Waals surface area contributed by atoms with Gasteiger partial charge in [0.15, 0.2) is 0 Å². The Balaban J connectivity index is 1.88. The lowest BCUT2D eigenvalue weighted by Gasteiger charge is -2.06. The number of rotatable bonds is 7. The summed E-state index contributed by atoms with van der Waals surface area (Å²) in [6.45, 7) is 4.25. The van der Waals surface area contributed by atoms with Gasteiger partial charge in [0.05, 0.1) is 0 Å². The molecule has 0 spiro atoms. The molecule has 1 heterocycles. The SMILES string of the molecule is CCCCCNCc1cccc(-c2ncc[nH]2)c1. The highest BCUT2D eigenvalue weighted by Gasteiger charge is 2.00. The van der Waals surface area contributed by atoms with Crippen LogP contribution in [-0.4, -0.2) is 16.5 Å². The molecule has 0 unspecified atom stereocenters. The maximum Gasteiger partial charge on any atom is 0.137 e. The van der Waals surface area contributed by atoms with Crippen molar-refractivity contribution in [2.24, 2.45) is 0 Å². The first kappa shape index (κ1) is 12.8. The van der Waals surface area contributed by atoms with Crippen LogP contribution in [0.15, 0.2) is 36.7 Å². The Morgan fingerprint density at radius 3 is 3.00 bits per heavy atom. The third-order valence-electron chi connectivity index (χ3n) is 2.98. The molecule has 0 bridgehead atoms. The summed E-state index contributed by atoms with van der Waals surface area (Å²) in [5.74, 6) is 0.933. The predicted octanol–water partition coefficient (Wildman–Crippen LogP) is 3.36. The summed E-state index contributed by atoms with van der Waals surface area (Å²) in [5.41, 5.74) is 2.45. The molecule has 0 fully saturated rings. The Morgan fingerprint density at radius 2 is 2.22 bits per heavy atom. The summed E-state index contributed by atoms with van der Waals surface area (Å²) >= 11 is 0. The van der Waals surface area contributed by atoms with E-state index in [2.05, 4.69) is 46.5 Å². The monoisotopic (exact) mass is 243 g/mol. The molecule has 0 radical (unpaired) electrons. The number of aromatic amines is 1. The first-order valence-electron chi connectivity index (χ1n) is 6.69. The van der Waals surface area contributed by atoms with E-state index in [1.165, 1.54) is 24.8 Å². The van der Waals surface area contributed by atoms with E-state index in [1.807, 2.05) is 6.20 Å². The van der Waals surface area contributed by atoms with E-state index >= 15 is 0 Å². The van der Waals surface area contributed by atoms with E-state index in [9.17, 15) is 0 Å². The zero-order chi connectivity index (χ0) is 12.6. The summed E-state index contributed by atoms with van der Waals surface area (Å²) in [6, 6.07) is 8.51. The molecule has 18 heavy (non-hydrogen) atoms. The first-order valence-corrected chi connectivity index (χ1v) is 6.69. The van der Waals surface area contributed by atoms with Crippen LogP contribution in [-0.2, 0) is 6.54 Å². The maximum absolute atomic E-state index is 4.27. The van der Waals surface area contributed by atoms with Gasteiger partial charge in [0.2, 0.25) is 0 Å². The van der Waals surface area contributed by atoms with E-state index in [0.717, 1.165) is 24.5 Å². The second-order valence-electron chi connectivity index (χ2n) is 4.52. The highest BCUT2D eigenvalue weighted by molar-refractivity contribution is 5.55. The van der Waals surface area contributed by atoms with Gasteiger partial charge in [-0.15, -0.1) is 0 Å². The quantitative estimate of drug-likeness (QED) is 0.732. The summed E-state index contributed by atoms with van der Waals surface area (Å²) in [4.78, 5) is 7.41. The molecule has 1 aromatic carbocycles. The van der Waals surface area contributed by atoms with E-state index < -0.39 is 0 Å². The molecular weight excluding hydrogens is 222 g/mol. The standard InChI is InChI=1S/C15H21N3/c1-2-3-4-8-16-12-13-6-5-7-14(11-13)15-17-9-10-18-15/h5-7,9-11,16H,2-4,8,12H2,1H3,(H,17,18). The number of nitrogens with one attached hydrogen (secondary N) is 2. The van der Waals surface area contributed by atoms with E-state index in [-0.39, 0.29) is 0 Å². The zero-order valence-corrected chi connectivity index (χ0v) is 10.9. The Hall–Kier alpha value is -1.61. The molecule has 2 N–H and O–H groups in total. The van der Waals surface area contributed by atoms with Crippen molar-refractivity contribution in [3.05, 3.63) is 42.2 Å². The van der Waals surface area contributed by atoms with Crippen molar-refractivity contribution in [1.29, 1.82) is 0 Å². The third-order valence-corrected chi connectivity index (χ3v) is 2.98. The van der Waals surface area contributed by atoms with Crippen LogP contribution in [0.1, 0.15) is 31.7 Å². The van der Waals surface area contributed by atoms with Gasteiger partial charge in [-0.2, -0.15) is 0 Å². The molecule has 0 aliphatic carbocycles. The van der Waals surface area contributed by atoms with Gasteiger partial charge in [0.1, 0.15) is 5.82 Å². The van der Waals surface area contributed by atoms with Crippen LogP contribution >= 0.6 is 0 Å². The molecule has 3 nitrogen and oxygen atoms in total. The van der Waals surface area contributed by atoms with Gasteiger partial charge in [-0.25, -0.2) is 4.98 Å². The second kappa shape index (κ2) is 6.97. The third kappa shape index (κ3) is 3.70. The normalized spacial score (nSPS) is 10.7. The van der Waals surface area contributed by atoms with Gasteiger partial charge >= 0.3 is 0 Å². The van der Waals surface area contributed by atoms with Crippen LogP contribution in [0, 0.1) is 0 Å². The van der Waals surface area contributed by atoms with Crippen molar-refractivity contribution < 1.29 is 0 Å². The molecule has 0 aliphatic heterocycles. The molecule has 2 aromatic rings. The summed E-state index contributed by atoms with van der Waals surface area (Å²) in [5, 5.41) is 3.48. The highest BCUT2D eigenvalue weighted by atomic mass is 14.9. The summed E-state index contributed by atoms with van der Waals surface area (Å²) in [7, 11) is 0. The average Bonchev–Trinajstić information content (AvgIpc) is 2.93. The van der Waals surface area contributed by atoms with Crippen LogP contribution in [0.2, 0.25) is 0 Å². The fourth-order valence-corrected chi connectivity index (χ4v) is 1.98. The number of hydrogen-bond donors (Lipinski definition) is 2. The second-order valence-corrected chi connectivity index (χ2v) is 4.52. The molecule has 3 heteroatoms. The van der Waals surface area contributed by atoms with Crippen LogP contribution in [0.3, 0.4) is 0 Å². The van der Waals surface area contributed by atoms with Crippen LogP contribution in [0.25, 0.3) is 11.4 Å². The number of benzene rings is 1. The maximum atomic E-state index is 4.27.